The van der Waals surface area contributed by atoms with Crippen LogP contribution in [0.3, 0.4) is 0 Å². The van der Waals surface area contributed by atoms with E-state index in [-0.39, 0.29) is 19.3 Å². The van der Waals surface area contributed by atoms with E-state index in [0.717, 1.165) is 11.8 Å². The second kappa shape index (κ2) is 4.94. The maximum Gasteiger partial charge on any atom is 0.0607 e. The average Bonchev–Trinajstić information content (AvgIpc) is 2.02. The molecule has 0 aliphatic heterocycles. The van der Waals surface area contributed by atoms with Gasteiger partial charge in [0, 0.05) is 6.04 Å². The zero-order valence-corrected chi connectivity index (χ0v) is 8.53. The highest BCUT2D eigenvalue weighted by Gasteiger charge is 2.31. The van der Waals surface area contributed by atoms with Crippen molar-refractivity contribution >= 4 is 0 Å². The van der Waals surface area contributed by atoms with Crippen molar-refractivity contribution in [3.8, 4) is 0 Å². The summed E-state index contributed by atoms with van der Waals surface area (Å²) in [5.74, 6) is 1.59. The van der Waals surface area contributed by atoms with E-state index in [4.69, 9.17) is 10.2 Å². The molecule has 1 fully saturated rings. The second-order valence-corrected chi connectivity index (χ2v) is 4.40. The Kier molecular flexibility index (Phi) is 4.16. The zero-order valence-electron chi connectivity index (χ0n) is 8.53. The molecule has 0 unspecified atom stereocenters. The van der Waals surface area contributed by atoms with Gasteiger partial charge in [-0.15, -0.1) is 0 Å². The van der Waals surface area contributed by atoms with Crippen molar-refractivity contribution in [2.24, 2.45) is 11.8 Å². The van der Waals surface area contributed by atoms with E-state index in [9.17, 15) is 0 Å². The molecule has 1 aliphatic carbocycles. The molecule has 3 N–H and O–H groups in total. The van der Waals surface area contributed by atoms with Crippen molar-refractivity contribution in [3.63, 3.8) is 0 Å². The van der Waals surface area contributed by atoms with Gasteiger partial charge in [0.15, 0.2) is 0 Å². The Bertz CT molecular complexity index is 140. The number of aliphatic hydroxyl groups excluding tert-OH is 2. The zero-order chi connectivity index (χ0) is 9.84. The molecule has 3 heteroatoms. The average molecular weight is 187 g/mol. The minimum atomic E-state index is -0.127. The quantitative estimate of drug-likeness (QED) is 0.582. The minimum Gasteiger partial charge on any atom is -0.395 e. The highest BCUT2D eigenvalue weighted by atomic mass is 16.3. The van der Waals surface area contributed by atoms with E-state index in [0.29, 0.717) is 6.04 Å². The summed E-state index contributed by atoms with van der Waals surface area (Å²) in [5, 5.41) is 20.9. The Morgan fingerprint density at radius 2 is 1.77 bits per heavy atom. The van der Waals surface area contributed by atoms with E-state index in [2.05, 4.69) is 19.2 Å². The monoisotopic (exact) mass is 187 g/mol. The number of rotatable bonds is 5. The van der Waals surface area contributed by atoms with Crippen LogP contribution in [0, 0.1) is 11.8 Å². The summed E-state index contributed by atoms with van der Waals surface area (Å²) in [4.78, 5) is 0. The largest absolute Gasteiger partial charge is 0.395 e. The van der Waals surface area contributed by atoms with Gasteiger partial charge in [-0.3, -0.25) is 0 Å². The van der Waals surface area contributed by atoms with E-state index in [1.807, 2.05) is 0 Å². The fraction of sp³-hybridized carbons (Fsp3) is 1.00. The highest BCUT2D eigenvalue weighted by molar-refractivity contribution is 4.88. The lowest BCUT2D eigenvalue weighted by atomic mass is 9.73. The van der Waals surface area contributed by atoms with Crippen LogP contribution in [0.25, 0.3) is 0 Å². The van der Waals surface area contributed by atoms with Gasteiger partial charge in [0.2, 0.25) is 0 Å². The lowest BCUT2D eigenvalue weighted by Gasteiger charge is -2.40. The fourth-order valence-electron chi connectivity index (χ4n) is 1.84. The maximum absolute atomic E-state index is 8.85. The van der Waals surface area contributed by atoms with Crippen molar-refractivity contribution < 1.29 is 10.2 Å². The molecule has 13 heavy (non-hydrogen) atoms. The molecule has 0 heterocycles. The Morgan fingerprint density at radius 3 is 2.15 bits per heavy atom. The Hall–Kier alpha value is -0.120. The lowest BCUT2D eigenvalue weighted by Crippen LogP contribution is -2.50. The van der Waals surface area contributed by atoms with Crippen LogP contribution in [-0.4, -0.2) is 35.5 Å². The second-order valence-electron chi connectivity index (χ2n) is 4.40. The molecule has 3 nitrogen and oxygen atoms in total. The van der Waals surface area contributed by atoms with Crippen molar-refractivity contribution in [1.82, 2.24) is 5.32 Å². The molecule has 78 valence electrons. The first-order valence-corrected chi connectivity index (χ1v) is 5.15. The molecule has 1 saturated carbocycles. The first kappa shape index (κ1) is 11.0. The van der Waals surface area contributed by atoms with Gasteiger partial charge in [0.05, 0.1) is 19.3 Å². The standard InChI is InChI=1S/C10H21NO2/c1-7(2)8-3-9(4-8)11-10(5-12)6-13/h7-13H,3-6H2,1-2H3. The Balaban J connectivity index is 2.13. The van der Waals surface area contributed by atoms with Gasteiger partial charge in [-0.2, -0.15) is 0 Å². The normalized spacial score (nSPS) is 28.2. The molecule has 0 bridgehead atoms. The Morgan fingerprint density at radius 1 is 1.23 bits per heavy atom. The van der Waals surface area contributed by atoms with Crippen LogP contribution in [0.1, 0.15) is 26.7 Å². The van der Waals surface area contributed by atoms with Gasteiger partial charge in [-0.1, -0.05) is 13.8 Å². The molecule has 1 rings (SSSR count). The minimum absolute atomic E-state index is 0.0271. The summed E-state index contributed by atoms with van der Waals surface area (Å²) in [5.41, 5.74) is 0. The van der Waals surface area contributed by atoms with Crippen LogP contribution < -0.4 is 5.32 Å². The summed E-state index contributed by atoms with van der Waals surface area (Å²) in [7, 11) is 0. The third-order valence-corrected chi connectivity index (χ3v) is 3.03. The van der Waals surface area contributed by atoms with Gasteiger partial charge in [-0.25, -0.2) is 0 Å². The number of aliphatic hydroxyl groups is 2. The van der Waals surface area contributed by atoms with Gasteiger partial charge in [0.25, 0.3) is 0 Å². The molecule has 0 aromatic rings. The van der Waals surface area contributed by atoms with Crippen LogP contribution in [0.5, 0.6) is 0 Å². The van der Waals surface area contributed by atoms with E-state index in [1.165, 1.54) is 12.8 Å². The van der Waals surface area contributed by atoms with Crippen LogP contribution in [0.15, 0.2) is 0 Å². The molecule has 0 saturated heterocycles. The van der Waals surface area contributed by atoms with Crippen molar-refractivity contribution in [1.29, 1.82) is 0 Å². The predicted molar refractivity (Wildman–Crippen MR) is 52.4 cm³/mol. The third kappa shape index (κ3) is 2.93. The van der Waals surface area contributed by atoms with Gasteiger partial charge in [-0.05, 0) is 24.7 Å². The SMILES string of the molecule is CC(C)C1CC(NC(CO)CO)C1. The number of hydrogen-bond acceptors (Lipinski definition) is 3. The lowest BCUT2D eigenvalue weighted by molar-refractivity contribution is 0.111. The van der Waals surface area contributed by atoms with Crippen molar-refractivity contribution in [2.45, 2.75) is 38.8 Å². The van der Waals surface area contributed by atoms with Crippen LogP contribution in [0.2, 0.25) is 0 Å². The van der Waals surface area contributed by atoms with Crippen LogP contribution in [-0.2, 0) is 0 Å². The summed E-state index contributed by atoms with van der Waals surface area (Å²) < 4.78 is 0. The summed E-state index contributed by atoms with van der Waals surface area (Å²) in [6, 6.07) is 0.384. The topological polar surface area (TPSA) is 52.5 Å². The van der Waals surface area contributed by atoms with Gasteiger partial charge in [0.1, 0.15) is 0 Å². The molecule has 0 aromatic carbocycles. The maximum atomic E-state index is 8.85. The first-order chi connectivity index (χ1) is 6.17. The van der Waals surface area contributed by atoms with Crippen molar-refractivity contribution in [2.75, 3.05) is 13.2 Å². The summed E-state index contributed by atoms with van der Waals surface area (Å²) in [6.07, 6.45) is 2.38. The molecule has 0 spiro atoms. The van der Waals surface area contributed by atoms with E-state index >= 15 is 0 Å². The Labute approximate surface area is 80.2 Å². The highest BCUT2D eigenvalue weighted by Crippen LogP contribution is 2.33. The van der Waals surface area contributed by atoms with E-state index < -0.39 is 0 Å². The van der Waals surface area contributed by atoms with Crippen LogP contribution >= 0.6 is 0 Å². The molecular formula is C10H21NO2. The molecular weight excluding hydrogens is 166 g/mol. The smallest absolute Gasteiger partial charge is 0.0607 e. The summed E-state index contributed by atoms with van der Waals surface area (Å²) >= 11 is 0. The first-order valence-electron chi connectivity index (χ1n) is 5.15. The molecule has 0 atom stereocenters. The predicted octanol–water partition coefficient (Wildman–Crippen LogP) is 0.364. The molecule has 0 aromatic heterocycles. The van der Waals surface area contributed by atoms with Crippen LogP contribution in [0.4, 0.5) is 0 Å². The van der Waals surface area contributed by atoms with E-state index in [1.54, 1.807) is 0 Å². The fourth-order valence-corrected chi connectivity index (χ4v) is 1.84. The molecule has 0 amide bonds. The summed E-state index contributed by atoms with van der Waals surface area (Å²) in [6.45, 7) is 4.55. The number of hydrogen-bond donors (Lipinski definition) is 3. The third-order valence-electron chi connectivity index (χ3n) is 3.03. The molecule has 0 radical (unpaired) electrons. The van der Waals surface area contributed by atoms with Gasteiger partial charge >= 0.3 is 0 Å². The van der Waals surface area contributed by atoms with Crippen molar-refractivity contribution in [3.05, 3.63) is 0 Å². The van der Waals surface area contributed by atoms with Gasteiger partial charge < -0.3 is 15.5 Å². The number of nitrogens with one attached hydrogen (secondary N) is 1. The molecule has 1 aliphatic rings.